The second-order valence-electron chi connectivity index (χ2n) is 7.46. The molecule has 0 unspecified atom stereocenters. The Morgan fingerprint density at radius 2 is 1.59 bits per heavy atom. The highest BCUT2D eigenvalue weighted by Gasteiger charge is 2.21. The molecular formula is C25H22N4O4S. The number of benzene rings is 3. The van der Waals surface area contributed by atoms with E-state index in [1.54, 1.807) is 79.0 Å². The van der Waals surface area contributed by atoms with Gasteiger partial charge in [-0.25, -0.2) is 13.4 Å². The summed E-state index contributed by atoms with van der Waals surface area (Å²) in [5, 5.41) is 2.81. The number of nitrogens with one attached hydrogen (secondary N) is 1. The first-order valence-electron chi connectivity index (χ1n) is 10.3. The summed E-state index contributed by atoms with van der Waals surface area (Å²) in [6.07, 6.45) is 4.59. The fraction of sp³-hybridized carbons (Fsp3) is 0.0800. The Labute approximate surface area is 197 Å². The number of nitrogens with zero attached hydrogens (tertiary/aromatic N) is 3. The van der Waals surface area contributed by atoms with Crippen LogP contribution in [0.5, 0.6) is 11.6 Å². The quantitative estimate of drug-likeness (QED) is 0.418. The van der Waals surface area contributed by atoms with Crippen molar-refractivity contribution >= 4 is 27.3 Å². The number of aromatic nitrogens is 2. The van der Waals surface area contributed by atoms with Gasteiger partial charge in [-0.15, -0.1) is 0 Å². The van der Waals surface area contributed by atoms with Crippen LogP contribution in [0.3, 0.4) is 0 Å². The van der Waals surface area contributed by atoms with Crippen molar-refractivity contribution in [3.63, 3.8) is 0 Å². The first-order chi connectivity index (χ1) is 16.3. The van der Waals surface area contributed by atoms with Crippen molar-refractivity contribution in [2.75, 3.05) is 16.7 Å². The third kappa shape index (κ3) is 5.21. The minimum absolute atomic E-state index is 0.203. The Morgan fingerprint density at radius 3 is 2.21 bits per heavy atom. The highest BCUT2D eigenvalue weighted by atomic mass is 32.2. The van der Waals surface area contributed by atoms with E-state index in [1.165, 1.54) is 23.7 Å². The second kappa shape index (κ2) is 9.72. The number of amides is 1. The van der Waals surface area contributed by atoms with E-state index in [-0.39, 0.29) is 10.8 Å². The van der Waals surface area contributed by atoms with Crippen molar-refractivity contribution in [1.82, 2.24) is 9.97 Å². The smallest absolute Gasteiger partial charge is 0.264 e. The van der Waals surface area contributed by atoms with E-state index in [0.29, 0.717) is 28.6 Å². The summed E-state index contributed by atoms with van der Waals surface area (Å²) in [5.74, 6) is 0.604. The standard InChI is InChI=1S/C25H22N4O4S/c1-18-3-13-23(14-4-18)34(31,32)29(2)21-9-5-19(6-10-21)25(30)28-20-7-11-22(12-8-20)33-24-17-26-15-16-27-24/h3-17H,1-2H3,(H,28,30). The summed E-state index contributed by atoms with van der Waals surface area (Å²) in [4.78, 5) is 20.8. The molecule has 1 heterocycles. The van der Waals surface area contributed by atoms with Crippen molar-refractivity contribution in [2.24, 2.45) is 0 Å². The monoisotopic (exact) mass is 474 g/mol. The number of carbonyl (C=O) groups excluding carboxylic acids is 1. The van der Waals surface area contributed by atoms with Crippen molar-refractivity contribution in [1.29, 1.82) is 0 Å². The second-order valence-corrected chi connectivity index (χ2v) is 9.43. The number of hydrogen-bond donors (Lipinski definition) is 1. The molecule has 172 valence electrons. The van der Waals surface area contributed by atoms with Gasteiger partial charge in [-0.1, -0.05) is 17.7 Å². The SMILES string of the molecule is Cc1ccc(S(=O)(=O)N(C)c2ccc(C(=O)Nc3ccc(Oc4cnccn4)cc3)cc2)cc1. The molecule has 0 spiro atoms. The van der Waals surface area contributed by atoms with Gasteiger partial charge in [-0.2, -0.15) is 0 Å². The predicted molar refractivity (Wildman–Crippen MR) is 130 cm³/mol. The van der Waals surface area contributed by atoms with Crippen LogP contribution in [0.2, 0.25) is 0 Å². The molecule has 9 heteroatoms. The number of sulfonamides is 1. The Morgan fingerprint density at radius 1 is 0.912 bits per heavy atom. The molecule has 0 fully saturated rings. The summed E-state index contributed by atoms with van der Waals surface area (Å²) >= 11 is 0. The largest absolute Gasteiger partial charge is 0.438 e. The highest BCUT2D eigenvalue weighted by molar-refractivity contribution is 7.92. The maximum absolute atomic E-state index is 12.9. The predicted octanol–water partition coefficient (Wildman–Crippen LogP) is 4.65. The topological polar surface area (TPSA) is 101 Å². The van der Waals surface area contributed by atoms with Crippen LogP contribution in [-0.4, -0.2) is 31.3 Å². The molecule has 4 rings (SSSR count). The molecule has 0 aliphatic heterocycles. The van der Waals surface area contributed by atoms with Gasteiger partial charge in [0.25, 0.3) is 15.9 Å². The zero-order valence-electron chi connectivity index (χ0n) is 18.5. The van der Waals surface area contributed by atoms with Gasteiger partial charge in [-0.05, 0) is 67.6 Å². The summed E-state index contributed by atoms with van der Waals surface area (Å²) < 4.78 is 32.5. The molecule has 0 saturated carbocycles. The van der Waals surface area contributed by atoms with Gasteiger partial charge in [0.2, 0.25) is 5.88 Å². The fourth-order valence-electron chi connectivity index (χ4n) is 3.10. The van der Waals surface area contributed by atoms with Crippen molar-refractivity contribution in [3.05, 3.63) is 103 Å². The van der Waals surface area contributed by atoms with Gasteiger partial charge in [-0.3, -0.25) is 14.1 Å². The van der Waals surface area contributed by atoms with Gasteiger partial charge in [0, 0.05) is 30.7 Å². The number of aryl methyl sites for hydroxylation is 1. The summed E-state index contributed by atoms with van der Waals surface area (Å²) in [6, 6.07) is 19.8. The van der Waals surface area contributed by atoms with Crippen LogP contribution in [0, 0.1) is 6.92 Å². The molecular weight excluding hydrogens is 452 g/mol. The fourth-order valence-corrected chi connectivity index (χ4v) is 4.29. The summed E-state index contributed by atoms with van der Waals surface area (Å²) in [7, 11) is -2.22. The minimum Gasteiger partial charge on any atom is -0.438 e. The Bertz CT molecular complexity index is 1370. The van der Waals surface area contributed by atoms with Gasteiger partial charge in [0.05, 0.1) is 16.8 Å². The number of hydrogen-bond acceptors (Lipinski definition) is 6. The lowest BCUT2D eigenvalue weighted by atomic mass is 10.2. The molecule has 0 radical (unpaired) electrons. The highest BCUT2D eigenvalue weighted by Crippen LogP contribution is 2.24. The molecule has 34 heavy (non-hydrogen) atoms. The Kier molecular flexibility index (Phi) is 6.55. The van der Waals surface area contributed by atoms with Crippen LogP contribution in [0.1, 0.15) is 15.9 Å². The molecule has 1 amide bonds. The van der Waals surface area contributed by atoms with Crippen LogP contribution in [0.4, 0.5) is 11.4 Å². The lowest BCUT2D eigenvalue weighted by Crippen LogP contribution is -2.26. The maximum Gasteiger partial charge on any atom is 0.264 e. The molecule has 0 aliphatic carbocycles. The Hall–Kier alpha value is -4.24. The van der Waals surface area contributed by atoms with E-state index >= 15 is 0 Å². The average Bonchev–Trinajstić information content (AvgIpc) is 2.86. The van der Waals surface area contributed by atoms with Crippen molar-refractivity contribution < 1.29 is 17.9 Å². The van der Waals surface area contributed by atoms with Gasteiger partial charge < -0.3 is 10.1 Å². The molecule has 1 N–H and O–H groups in total. The molecule has 0 aliphatic rings. The molecule has 3 aromatic carbocycles. The Balaban J connectivity index is 1.41. The third-order valence-corrected chi connectivity index (χ3v) is 6.85. The first-order valence-corrected chi connectivity index (χ1v) is 11.8. The van der Waals surface area contributed by atoms with E-state index in [2.05, 4.69) is 15.3 Å². The summed E-state index contributed by atoms with van der Waals surface area (Å²) in [6.45, 7) is 1.89. The number of anilines is 2. The van der Waals surface area contributed by atoms with Gasteiger partial charge in [0.1, 0.15) is 5.75 Å². The average molecular weight is 475 g/mol. The van der Waals surface area contributed by atoms with E-state index < -0.39 is 10.0 Å². The number of ether oxygens (including phenoxy) is 1. The molecule has 0 saturated heterocycles. The third-order valence-electron chi connectivity index (χ3n) is 5.05. The van der Waals surface area contributed by atoms with E-state index in [1.807, 2.05) is 6.92 Å². The normalized spacial score (nSPS) is 11.0. The van der Waals surface area contributed by atoms with Crippen LogP contribution in [0.25, 0.3) is 0 Å². The van der Waals surface area contributed by atoms with Crippen LogP contribution < -0.4 is 14.4 Å². The molecule has 4 aromatic rings. The number of carbonyl (C=O) groups is 1. The minimum atomic E-state index is -3.70. The van der Waals surface area contributed by atoms with Gasteiger partial charge in [0.15, 0.2) is 0 Å². The van der Waals surface area contributed by atoms with E-state index in [4.69, 9.17) is 4.74 Å². The zero-order chi connectivity index (χ0) is 24.1. The molecule has 8 nitrogen and oxygen atoms in total. The van der Waals surface area contributed by atoms with Crippen LogP contribution >= 0.6 is 0 Å². The van der Waals surface area contributed by atoms with E-state index in [9.17, 15) is 13.2 Å². The lowest BCUT2D eigenvalue weighted by molar-refractivity contribution is 0.102. The number of rotatable bonds is 7. The van der Waals surface area contributed by atoms with Crippen LogP contribution in [-0.2, 0) is 10.0 Å². The zero-order valence-corrected chi connectivity index (χ0v) is 19.4. The van der Waals surface area contributed by atoms with Crippen molar-refractivity contribution in [2.45, 2.75) is 11.8 Å². The van der Waals surface area contributed by atoms with E-state index in [0.717, 1.165) is 5.56 Å². The van der Waals surface area contributed by atoms with Crippen molar-refractivity contribution in [3.8, 4) is 11.6 Å². The lowest BCUT2D eigenvalue weighted by Gasteiger charge is -2.20. The molecule has 0 atom stereocenters. The molecule has 1 aromatic heterocycles. The van der Waals surface area contributed by atoms with Gasteiger partial charge >= 0.3 is 0 Å². The van der Waals surface area contributed by atoms with Crippen LogP contribution in [0.15, 0.2) is 96.3 Å². The maximum atomic E-state index is 12.9. The summed E-state index contributed by atoms with van der Waals surface area (Å²) in [5.41, 5.74) is 2.40. The first kappa shape index (κ1) is 22.9. The molecule has 0 bridgehead atoms.